The summed E-state index contributed by atoms with van der Waals surface area (Å²) in [6.45, 7) is 15.1. The van der Waals surface area contributed by atoms with Crippen molar-refractivity contribution in [1.82, 2.24) is 0 Å². The van der Waals surface area contributed by atoms with E-state index in [2.05, 4.69) is 65.9 Å². The van der Waals surface area contributed by atoms with Gasteiger partial charge in [0, 0.05) is 23.9 Å². The Kier molecular flexibility index (Phi) is 5.27. The summed E-state index contributed by atoms with van der Waals surface area (Å²) in [5.41, 5.74) is 9.32. The number of quaternary nitrogens is 1. The van der Waals surface area contributed by atoms with E-state index in [9.17, 15) is 0 Å². The van der Waals surface area contributed by atoms with Crippen molar-refractivity contribution in [1.29, 1.82) is 0 Å². The third-order valence-electron chi connectivity index (χ3n) is 5.37. The SMILES string of the molecule is CC(C)(N)CC(c1ccc(C[N+]2(C)CCCC2)cc1)C(C)(C)C. The highest BCUT2D eigenvalue weighted by molar-refractivity contribution is 5.27. The second-order valence-corrected chi connectivity index (χ2v) is 9.78. The lowest BCUT2D eigenvalue weighted by Gasteiger charge is -2.36. The van der Waals surface area contributed by atoms with E-state index in [1.165, 1.54) is 48.1 Å². The van der Waals surface area contributed by atoms with Gasteiger partial charge in [0.1, 0.15) is 6.54 Å². The molecule has 2 nitrogen and oxygen atoms in total. The summed E-state index contributed by atoms with van der Waals surface area (Å²) in [5.74, 6) is 0.494. The molecule has 2 rings (SSSR count). The number of rotatable bonds is 5. The zero-order chi connectivity index (χ0) is 17.3. The monoisotopic (exact) mass is 317 g/mol. The minimum absolute atomic E-state index is 0.134. The molecule has 0 spiro atoms. The summed E-state index contributed by atoms with van der Waals surface area (Å²) >= 11 is 0. The number of benzene rings is 1. The molecule has 1 fully saturated rings. The van der Waals surface area contributed by atoms with Crippen LogP contribution >= 0.6 is 0 Å². The molecule has 1 unspecified atom stereocenters. The van der Waals surface area contributed by atoms with Crippen LogP contribution in [-0.4, -0.2) is 30.2 Å². The third kappa shape index (κ3) is 5.32. The first kappa shape index (κ1) is 18.5. The maximum atomic E-state index is 6.32. The van der Waals surface area contributed by atoms with Gasteiger partial charge in [0.05, 0.1) is 20.1 Å². The Morgan fingerprint density at radius 2 is 1.52 bits per heavy atom. The fourth-order valence-corrected chi connectivity index (χ4v) is 4.00. The zero-order valence-electron chi connectivity index (χ0n) is 16.2. The van der Waals surface area contributed by atoms with Crippen molar-refractivity contribution in [2.45, 2.75) is 71.9 Å². The van der Waals surface area contributed by atoms with Crippen molar-refractivity contribution in [3.63, 3.8) is 0 Å². The van der Waals surface area contributed by atoms with Crippen LogP contribution in [-0.2, 0) is 6.54 Å². The molecule has 0 aromatic heterocycles. The maximum Gasteiger partial charge on any atom is 0.104 e. The molecule has 0 bridgehead atoms. The maximum absolute atomic E-state index is 6.32. The summed E-state index contributed by atoms with van der Waals surface area (Å²) in [7, 11) is 2.40. The summed E-state index contributed by atoms with van der Waals surface area (Å²) in [5, 5.41) is 0. The van der Waals surface area contributed by atoms with Crippen molar-refractivity contribution in [2.24, 2.45) is 11.1 Å². The fraction of sp³-hybridized carbons (Fsp3) is 0.714. The average Bonchev–Trinajstić information content (AvgIpc) is 2.81. The minimum Gasteiger partial charge on any atom is -0.326 e. The lowest BCUT2D eigenvalue weighted by atomic mass is 9.71. The molecule has 130 valence electrons. The Morgan fingerprint density at radius 3 is 1.96 bits per heavy atom. The highest BCUT2D eigenvalue weighted by Crippen LogP contribution is 2.40. The van der Waals surface area contributed by atoms with Gasteiger partial charge < -0.3 is 10.2 Å². The molecule has 1 aliphatic heterocycles. The number of nitrogens with two attached hydrogens (primary N) is 1. The Balaban J connectivity index is 2.15. The van der Waals surface area contributed by atoms with E-state index in [1.807, 2.05) is 0 Å². The Hall–Kier alpha value is -0.860. The van der Waals surface area contributed by atoms with E-state index in [0.717, 1.165) is 6.42 Å². The van der Waals surface area contributed by atoms with E-state index in [0.29, 0.717) is 5.92 Å². The topological polar surface area (TPSA) is 26.0 Å². The van der Waals surface area contributed by atoms with Crippen LogP contribution in [0, 0.1) is 5.41 Å². The molecule has 1 aromatic rings. The first-order valence-electron chi connectivity index (χ1n) is 9.20. The standard InChI is InChI=1S/C21H37N2/c1-20(2,3)19(15-21(4,5)22)18-11-9-17(10-12-18)16-23(6)13-7-8-14-23/h9-12,19H,7-8,13-16,22H2,1-6H3/q+1. The van der Waals surface area contributed by atoms with Crippen molar-refractivity contribution in [2.75, 3.05) is 20.1 Å². The largest absolute Gasteiger partial charge is 0.326 e. The van der Waals surface area contributed by atoms with E-state index in [-0.39, 0.29) is 11.0 Å². The molecule has 2 heteroatoms. The average molecular weight is 318 g/mol. The van der Waals surface area contributed by atoms with Crippen LogP contribution < -0.4 is 5.73 Å². The van der Waals surface area contributed by atoms with Crippen LogP contribution in [0.2, 0.25) is 0 Å². The molecular formula is C21H37N2+. The first-order chi connectivity index (χ1) is 10.5. The number of hydrogen-bond donors (Lipinski definition) is 1. The van der Waals surface area contributed by atoms with Crippen LogP contribution in [0.5, 0.6) is 0 Å². The summed E-state index contributed by atoms with van der Waals surface area (Å²) in [4.78, 5) is 0. The van der Waals surface area contributed by atoms with Gasteiger partial charge in [-0.15, -0.1) is 0 Å². The summed E-state index contributed by atoms with van der Waals surface area (Å²) < 4.78 is 1.21. The minimum atomic E-state index is -0.134. The van der Waals surface area contributed by atoms with E-state index in [4.69, 9.17) is 5.73 Å². The zero-order valence-corrected chi connectivity index (χ0v) is 16.2. The number of nitrogens with zero attached hydrogens (tertiary/aromatic N) is 1. The smallest absolute Gasteiger partial charge is 0.104 e. The molecule has 1 saturated heterocycles. The van der Waals surface area contributed by atoms with Gasteiger partial charge in [-0.2, -0.15) is 0 Å². The van der Waals surface area contributed by atoms with Crippen LogP contribution in [0.25, 0.3) is 0 Å². The van der Waals surface area contributed by atoms with Crippen molar-refractivity contribution < 1.29 is 4.48 Å². The normalized spacial score (nSPS) is 19.8. The van der Waals surface area contributed by atoms with Crippen LogP contribution in [0.3, 0.4) is 0 Å². The van der Waals surface area contributed by atoms with Gasteiger partial charge in [0.2, 0.25) is 0 Å². The molecule has 0 amide bonds. The molecule has 1 heterocycles. The predicted octanol–water partition coefficient (Wildman–Crippen LogP) is 4.68. The van der Waals surface area contributed by atoms with Crippen molar-refractivity contribution in [3.05, 3.63) is 35.4 Å². The van der Waals surface area contributed by atoms with Gasteiger partial charge in [-0.05, 0) is 37.2 Å². The molecular weight excluding hydrogens is 280 g/mol. The molecule has 23 heavy (non-hydrogen) atoms. The number of likely N-dealkylation sites (tertiary alicyclic amines) is 1. The van der Waals surface area contributed by atoms with Gasteiger partial charge in [-0.3, -0.25) is 0 Å². The van der Waals surface area contributed by atoms with E-state index in [1.54, 1.807) is 0 Å². The van der Waals surface area contributed by atoms with Crippen LogP contribution in [0.4, 0.5) is 0 Å². The second kappa shape index (κ2) is 6.57. The van der Waals surface area contributed by atoms with Crippen molar-refractivity contribution in [3.8, 4) is 0 Å². The number of hydrogen-bond acceptors (Lipinski definition) is 1. The Labute approximate surface area is 143 Å². The van der Waals surface area contributed by atoms with Crippen LogP contribution in [0.15, 0.2) is 24.3 Å². The quantitative estimate of drug-likeness (QED) is 0.784. The van der Waals surface area contributed by atoms with Crippen molar-refractivity contribution >= 4 is 0 Å². The van der Waals surface area contributed by atoms with Gasteiger partial charge in [0.25, 0.3) is 0 Å². The Morgan fingerprint density at radius 1 is 1.00 bits per heavy atom. The second-order valence-electron chi connectivity index (χ2n) is 9.78. The fourth-order valence-electron chi connectivity index (χ4n) is 4.00. The molecule has 0 saturated carbocycles. The van der Waals surface area contributed by atoms with Gasteiger partial charge in [-0.25, -0.2) is 0 Å². The highest BCUT2D eigenvalue weighted by Gasteiger charge is 2.31. The van der Waals surface area contributed by atoms with Gasteiger partial charge >= 0.3 is 0 Å². The summed E-state index contributed by atoms with van der Waals surface area (Å²) in [6, 6.07) is 9.39. The molecule has 1 aliphatic rings. The molecule has 0 aliphatic carbocycles. The van der Waals surface area contributed by atoms with Gasteiger partial charge in [0.15, 0.2) is 0 Å². The summed E-state index contributed by atoms with van der Waals surface area (Å²) in [6.07, 6.45) is 3.78. The van der Waals surface area contributed by atoms with E-state index >= 15 is 0 Å². The molecule has 0 radical (unpaired) electrons. The van der Waals surface area contributed by atoms with E-state index < -0.39 is 0 Å². The Bertz CT molecular complexity index is 496. The third-order valence-corrected chi connectivity index (χ3v) is 5.37. The predicted molar refractivity (Wildman–Crippen MR) is 100 cm³/mol. The lowest BCUT2D eigenvalue weighted by molar-refractivity contribution is -0.910. The van der Waals surface area contributed by atoms with Gasteiger partial charge in [-0.1, -0.05) is 45.0 Å². The highest BCUT2D eigenvalue weighted by atomic mass is 15.3. The molecule has 1 atom stereocenters. The lowest BCUT2D eigenvalue weighted by Crippen LogP contribution is -2.39. The molecule has 1 aromatic carbocycles. The van der Waals surface area contributed by atoms with Crippen LogP contribution in [0.1, 0.15) is 70.9 Å². The molecule has 2 N–H and O–H groups in total. The first-order valence-corrected chi connectivity index (χ1v) is 9.20.